The standard InChI is InChI=1S/C18H24FN/c1-13-12-18(7-3-2-4-8-18)20-9-5-6-14-10-15(19)11-16(13)17(14)20/h10-11,13H,2-9,12H2,1H3. The van der Waals surface area contributed by atoms with Gasteiger partial charge in [-0.15, -0.1) is 0 Å². The molecule has 1 aliphatic carbocycles. The Morgan fingerprint density at radius 2 is 1.95 bits per heavy atom. The van der Waals surface area contributed by atoms with E-state index in [4.69, 9.17) is 0 Å². The minimum absolute atomic E-state index is 0.0351. The first kappa shape index (κ1) is 12.7. The quantitative estimate of drug-likeness (QED) is 0.657. The highest BCUT2D eigenvalue weighted by Crippen LogP contribution is 2.52. The smallest absolute Gasteiger partial charge is 0.123 e. The zero-order chi connectivity index (χ0) is 13.7. The van der Waals surface area contributed by atoms with Crippen molar-refractivity contribution in [3.63, 3.8) is 0 Å². The molecule has 3 aliphatic rings. The molecule has 108 valence electrons. The van der Waals surface area contributed by atoms with Crippen molar-refractivity contribution in [2.75, 3.05) is 11.4 Å². The van der Waals surface area contributed by atoms with Gasteiger partial charge in [0, 0.05) is 17.8 Å². The monoisotopic (exact) mass is 273 g/mol. The van der Waals surface area contributed by atoms with Gasteiger partial charge in [-0.3, -0.25) is 0 Å². The van der Waals surface area contributed by atoms with Gasteiger partial charge in [0.15, 0.2) is 0 Å². The van der Waals surface area contributed by atoms with Crippen LogP contribution in [0.5, 0.6) is 0 Å². The summed E-state index contributed by atoms with van der Waals surface area (Å²) in [5, 5.41) is 0. The van der Waals surface area contributed by atoms with Crippen LogP contribution in [-0.4, -0.2) is 12.1 Å². The number of fused-ring (bicyclic) bond motifs is 1. The molecule has 0 radical (unpaired) electrons. The van der Waals surface area contributed by atoms with Gasteiger partial charge < -0.3 is 4.90 Å². The van der Waals surface area contributed by atoms with Crippen molar-refractivity contribution >= 4 is 5.69 Å². The molecule has 2 heteroatoms. The molecule has 0 amide bonds. The van der Waals surface area contributed by atoms with Crippen molar-refractivity contribution in [1.82, 2.24) is 0 Å². The molecule has 0 N–H and O–H groups in total. The van der Waals surface area contributed by atoms with Crippen molar-refractivity contribution in [2.24, 2.45) is 0 Å². The average molecular weight is 273 g/mol. The average Bonchev–Trinajstić information content (AvgIpc) is 2.45. The highest BCUT2D eigenvalue weighted by atomic mass is 19.1. The molecule has 1 aromatic carbocycles. The highest BCUT2D eigenvalue weighted by molar-refractivity contribution is 5.66. The van der Waals surface area contributed by atoms with Gasteiger partial charge in [0.25, 0.3) is 0 Å². The Balaban J connectivity index is 1.87. The summed E-state index contributed by atoms with van der Waals surface area (Å²) in [6.07, 6.45) is 10.3. The molecule has 4 rings (SSSR count). The summed E-state index contributed by atoms with van der Waals surface area (Å²) in [5.41, 5.74) is 4.34. The molecule has 2 aliphatic heterocycles. The van der Waals surface area contributed by atoms with Crippen LogP contribution in [0.1, 0.15) is 68.9 Å². The zero-order valence-corrected chi connectivity index (χ0v) is 12.4. The summed E-state index contributed by atoms with van der Waals surface area (Å²) in [6.45, 7) is 3.48. The van der Waals surface area contributed by atoms with E-state index in [-0.39, 0.29) is 5.82 Å². The number of nitrogens with zero attached hydrogens (tertiary/aromatic N) is 1. The maximum atomic E-state index is 13.9. The molecule has 1 nitrogen and oxygen atoms in total. The maximum absolute atomic E-state index is 13.9. The SMILES string of the molecule is CC1CC2(CCCCC2)N2CCCc3cc(F)cc1c32. The van der Waals surface area contributed by atoms with Crippen LogP contribution in [0.15, 0.2) is 12.1 Å². The maximum Gasteiger partial charge on any atom is 0.123 e. The lowest BCUT2D eigenvalue weighted by Gasteiger charge is -2.55. The van der Waals surface area contributed by atoms with Gasteiger partial charge in [-0.05, 0) is 61.3 Å². The van der Waals surface area contributed by atoms with E-state index in [2.05, 4.69) is 11.8 Å². The van der Waals surface area contributed by atoms with Crippen molar-refractivity contribution in [3.05, 3.63) is 29.1 Å². The molecule has 1 atom stereocenters. The predicted octanol–water partition coefficient (Wildman–Crippen LogP) is 4.79. The fourth-order valence-corrected chi connectivity index (χ4v) is 5.06. The zero-order valence-electron chi connectivity index (χ0n) is 12.4. The van der Waals surface area contributed by atoms with Gasteiger partial charge in [-0.2, -0.15) is 0 Å². The van der Waals surface area contributed by atoms with Crippen LogP contribution in [0.2, 0.25) is 0 Å². The Morgan fingerprint density at radius 3 is 2.75 bits per heavy atom. The summed E-state index contributed by atoms with van der Waals surface area (Å²) >= 11 is 0. The molecular formula is C18H24FN. The van der Waals surface area contributed by atoms with E-state index < -0.39 is 0 Å². The first-order valence-corrected chi connectivity index (χ1v) is 8.30. The second-order valence-corrected chi connectivity index (χ2v) is 7.15. The number of halogens is 1. The first-order valence-electron chi connectivity index (χ1n) is 8.30. The van der Waals surface area contributed by atoms with E-state index in [1.54, 1.807) is 12.1 Å². The van der Waals surface area contributed by atoms with E-state index in [1.807, 2.05) is 0 Å². The third-order valence-electron chi connectivity index (χ3n) is 5.85. The number of hydrogen-bond acceptors (Lipinski definition) is 1. The summed E-state index contributed by atoms with van der Waals surface area (Å²) in [5.74, 6) is 0.471. The van der Waals surface area contributed by atoms with E-state index in [1.165, 1.54) is 68.3 Å². The Labute approximate surface area is 121 Å². The number of benzene rings is 1. The molecule has 0 aromatic heterocycles. The first-order chi connectivity index (χ1) is 9.70. The summed E-state index contributed by atoms with van der Waals surface area (Å²) in [6, 6.07) is 3.59. The van der Waals surface area contributed by atoms with Crippen molar-refractivity contribution < 1.29 is 4.39 Å². The Bertz CT molecular complexity index is 530. The third kappa shape index (κ3) is 1.73. The fraction of sp³-hybridized carbons (Fsp3) is 0.667. The van der Waals surface area contributed by atoms with Gasteiger partial charge in [-0.1, -0.05) is 26.2 Å². The minimum atomic E-state index is -0.0351. The molecule has 1 spiro atoms. The molecule has 20 heavy (non-hydrogen) atoms. The van der Waals surface area contributed by atoms with Crippen molar-refractivity contribution in [3.8, 4) is 0 Å². The highest BCUT2D eigenvalue weighted by Gasteiger charge is 2.45. The molecule has 2 heterocycles. The molecule has 0 bridgehead atoms. The van der Waals surface area contributed by atoms with Crippen LogP contribution in [0, 0.1) is 5.82 Å². The van der Waals surface area contributed by atoms with E-state index >= 15 is 0 Å². The second kappa shape index (κ2) is 4.47. The molecule has 0 saturated heterocycles. The Kier molecular flexibility index (Phi) is 2.84. The van der Waals surface area contributed by atoms with Crippen LogP contribution >= 0.6 is 0 Å². The number of aryl methyl sites for hydroxylation is 1. The molecule has 1 aromatic rings. The van der Waals surface area contributed by atoms with Crippen LogP contribution in [0.4, 0.5) is 10.1 Å². The van der Waals surface area contributed by atoms with E-state index in [0.29, 0.717) is 11.5 Å². The molecular weight excluding hydrogens is 249 g/mol. The molecule has 1 unspecified atom stereocenters. The number of anilines is 1. The molecule has 1 fully saturated rings. The lowest BCUT2D eigenvalue weighted by atomic mass is 9.69. The molecule has 1 saturated carbocycles. The minimum Gasteiger partial charge on any atom is -0.365 e. The van der Waals surface area contributed by atoms with Crippen LogP contribution in [-0.2, 0) is 6.42 Å². The van der Waals surface area contributed by atoms with E-state index in [9.17, 15) is 4.39 Å². The lowest BCUT2D eigenvalue weighted by Crippen LogP contribution is -2.55. The predicted molar refractivity (Wildman–Crippen MR) is 80.9 cm³/mol. The van der Waals surface area contributed by atoms with Crippen molar-refractivity contribution in [1.29, 1.82) is 0 Å². The fourth-order valence-electron chi connectivity index (χ4n) is 5.06. The largest absolute Gasteiger partial charge is 0.365 e. The lowest BCUT2D eigenvalue weighted by molar-refractivity contribution is 0.229. The van der Waals surface area contributed by atoms with Gasteiger partial charge in [0.05, 0.1) is 0 Å². The van der Waals surface area contributed by atoms with Crippen molar-refractivity contribution in [2.45, 2.75) is 69.7 Å². The van der Waals surface area contributed by atoms with Crippen LogP contribution in [0.3, 0.4) is 0 Å². The van der Waals surface area contributed by atoms with Crippen LogP contribution in [0.25, 0.3) is 0 Å². The summed E-state index contributed by atoms with van der Waals surface area (Å²) in [7, 11) is 0. The van der Waals surface area contributed by atoms with Gasteiger partial charge >= 0.3 is 0 Å². The second-order valence-electron chi connectivity index (χ2n) is 7.15. The topological polar surface area (TPSA) is 3.24 Å². The summed E-state index contributed by atoms with van der Waals surface area (Å²) < 4.78 is 13.9. The van der Waals surface area contributed by atoms with E-state index in [0.717, 1.165) is 6.42 Å². The summed E-state index contributed by atoms with van der Waals surface area (Å²) in [4.78, 5) is 2.69. The number of rotatable bonds is 0. The Hall–Kier alpha value is -1.05. The Morgan fingerprint density at radius 1 is 1.15 bits per heavy atom. The van der Waals surface area contributed by atoms with Gasteiger partial charge in [-0.25, -0.2) is 4.39 Å². The van der Waals surface area contributed by atoms with Crippen LogP contribution < -0.4 is 4.90 Å². The third-order valence-corrected chi connectivity index (χ3v) is 5.85. The number of hydrogen-bond donors (Lipinski definition) is 0. The van der Waals surface area contributed by atoms with Gasteiger partial charge in [0.2, 0.25) is 0 Å². The van der Waals surface area contributed by atoms with Gasteiger partial charge in [0.1, 0.15) is 5.82 Å². The normalized spacial score (nSPS) is 27.5.